The summed E-state index contributed by atoms with van der Waals surface area (Å²) in [5, 5.41) is 3.58. The van der Waals surface area contributed by atoms with Gasteiger partial charge in [0.25, 0.3) is 5.91 Å². The molecule has 0 unspecified atom stereocenters. The predicted octanol–water partition coefficient (Wildman–Crippen LogP) is 3.48. The van der Waals surface area contributed by atoms with Crippen LogP contribution in [0.4, 0.5) is 0 Å². The van der Waals surface area contributed by atoms with Crippen molar-refractivity contribution in [3.05, 3.63) is 54.3 Å². The van der Waals surface area contributed by atoms with Gasteiger partial charge in [0.15, 0.2) is 5.76 Å². The van der Waals surface area contributed by atoms with Crippen molar-refractivity contribution in [3.8, 4) is 11.5 Å². The van der Waals surface area contributed by atoms with Gasteiger partial charge in [-0.15, -0.1) is 0 Å². The Bertz CT molecular complexity index is 948. The van der Waals surface area contributed by atoms with Gasteiger partial charge in [0.1, 0.15) is 5.69 Å². The fraction of sp³-hybridized carbons (Fsp3) is 0.286. The summed E-state index contributed by atoms with van der Waals surface area (Å²) >= 11 is 0. The van der Waals surface area contributed by atoms with Crippen molar-refractivity contribution in [1.29, 1.82) is 0 Å². The summed E-state index contributed by atoms with van der Waals surface area (Å²) in [5.41, 5.74) is 1.80. The molecule has 0 spiro atoms. The third kappa shape index (κ3) is 4.16. The Kier molecular flexibility index (Phi) is 5.54. The molecular formula is C21H23N3O3. The highest BCUT2D eigenvalue weighted by Crippen LogP contribution is 2.26. The van der Waals surface area contributed by atoms with Crippen molar-refractivity contribution in [1.82, 2.24) is 15.2 Å². The molecule has 2 heterocycles. The second kappa shape index (κ2) is 8.03. The quantitative estimate of drug-likeness (QED) is 0.726. The Morgan fingerprint density at radius 3 is 2.63 bits per heavy atom. The fourth-order valence-corrected chi connectivity index (χ4v) is 2.94. The number of fused-ring (bicyclic) bond motifs is 1. The van der Waals surface area contributed by atoms with Crippen LogP contribution in [0.5, 0.6) is 0 Å². The minimum atomic E-state index is -0.206. The molecule has 0 radical (unpaired) electrons. The number of carbonyl (C=O) groups excluding carboxylic acids is 2. The molecule has 0 atom stereocenters. The number of carbonyl (C=O) groups is 2. The van der Waals surface area contributed by atoms with Crippen LogP contribution < -0.4 is 5.32 Å². The molecular weight excluding hydrogens is 342 g/mol. The van der Waals surface area contributed by atoms with Gasteiger partial charge in [-0.25, -0.2) is 4.98 Å². The molecule has 6 heteroatoms. The van der Waals surface area contributed by atoms with Crippen molar-refractivity contribution in [2.75, 3.05) is 13.1 Å². The summed E-state index contributed by atoms with van der Waals surface area (Å²) in [7, 11) is 0. The molecule has 0 aliphatic carbocycles. The second-order valence-corrected chi connectivity index (χ2v) is 6.59. The zero-order valence-electron chi connectivity index (χ0n) is 15.7. The first-order chi connectivity index (χ1) is 13.0. The van der Waals surface area contributed by atoms with Gasteiger partial charge in [-0.2, -0.15) is 0 Å². The highest BCUT2D eigenvalue weighted by molar-refractivity contribution is 6.07. The van der Waals surface area contributed by atoms with Crippen LogP contribution in [0.2, 0.25) is 0 Å². The number of hydrogen-bond donors (Lipinski definition) is 1. The standard InChI is InChI=1S/C21H23N3O3/c1-4-24(13-20(25)22-14(2)3)21(26)16-12-18(19-10-7-11-27-19)23-17-9-6-5-8-15(16)17/h5-12,14H,4,13H2,1-3H3,(H,22,25). The Balaban J connectivity index is 2.00. The van der Waals surface area contributed by atoms with Gasteiger partial charge in [-0.05, 0) is 45.0 Å². The summed E-state index contributed by atoms with van der Waals surface area (Å²) in [4.78, 5) is 31.5. The second-order valence-electron chi connectivity index (χ2n) is 6.59. The summed E-state index contributed by atoms with van der Waals surface area (Å²) in [5.74, 6) is 0.211. The summed E-state index contributed by atoms with van der Waals surface area (Å²) in [6, 6.07) is 12.8. The number of aromatic nitrogens is 1. The van der Waals surface area contributed by atoms with Crippen LogP contribution in [0, 0.1) is 0 Å². The minimum absolute atomic E-state index is 0.0141. The molecule has 0 fully saturated rings. The van der Waals surface area contributed by atoms with Crippen molar-refractivity contribution in [3.63, 3.8) is 0 Å². The van der Waals surface area contributed by atoms with E-state index in [1.807, 2.05) is 45.0 Å². The van der Waals surface area contributed by atoms with E-state index in [4.69, 9.17) is 4.42 Å². The van der Waals surface area contributed by atoms with E-state index in [1.54, 1.807) is 24.5 Å². The van der Waals surface area contributed by atoms with Crippen LogP contribution in [0.25, 0.3) is 22.4 Å². The number of rotatable bonds is 6. The number of para-hydroxylation sites is 1. The molecule has 27 heavy (non-hydrogen) atoms. The van der Waals surface area contributed by atoms with Crippen molar-refractivity contribution in [2.24, 2.45) is 0 Å². The third-order valence-electron chi connectivity index (χ3n) is 4.17. The van der Waals surface area contributed by atoms with E-state index in [1.165, 1.54) is 4.90 Å². The van der Waals surface area contributed by atoms with Crippen LogP contribution in [0.15, 0.2) is 53.1 Å². The zero-order chi connectivity index (χ0) is 19.4. The van der Waals surface area contributed by atoms with Gasteiger partial charge >= 0.3 is 0 Å². The van der Waals surface area contributed by atoms with E-state index >= 15 is 0 Å². The molecule has 6 nitrogen and oxygen atoms in total. The fourth-order valence-electron chi connectivity index (χ4n) is 2.94. The lowest BCUT2D eigenvalue weighted by Crippen LogP contribution is -2.42. The Morgan fingerprint density at radius 1 is 1.19 bits per heavy atom. The SMILES string of the molecule is CCN(CC(=O)NC(C)C)C(=O)c1cc(-c2ccco2)nc2ccccc12. The van der Waals surface area contributed by atoms with Gasteiger partial charge < -0.3 is 14.6 Å². The van der Waals surface area contributed by atoms with Gasteiger partial charge in [-0.1, -0.05) is 18.2 Å². The summed E-state index contributed by atoms with van der Waals surface area (Å²) < 4.78 is 5.45. The molecule has 0 aliphatic rings. The third-order valence-corrected chi connectivity index (χ3v) is 4.17. The van der Waals surface area contributed by atoms with Crippen LogP contribution in [-0.4, -0.2) is 40.8 Å². The van der Waals surface area contributed by atoms with Gasteiger partial charge in [-0.3, -0.25) is 9.59 Å². The van der Waals surface area contributed by atoms with Crippen molar-refractivity contribution < 1.29 is 14.0 Å². The smallest absolute Gasteiger partial charge is 0.255 e. The lowest BCUT2D eigenvalue weighted by atomic mass is 10.1. The van der Waals surface area contributed by atoms with Gasteiger partial charge in [0.05, 0.1) is 23.9 Å². The van der Waals surface area contributed by atoms with Crippen LogP contribution in [0.3, 0.4) is 0 Å². The topological polar surface area (TPSA) is 75.4 Å². The van der Waals surface area contributed by atoms with E-state index in [9.17, 15) is 9.59 Å². The number of amides is 2. The first kappa shape index (κ1) is 18.6. The van der Waals surface area contributed by atoms with Crippen molar-refractivity contribution in [2.45, 2.75) is 26.8 Å². The Labute approximate surface area is 158 Å². The summed E-state index contributed by atoms with van der Waals surface area (Å²) in [6.07, 6.45) is 1.57. The lowest BCUT2D eigenvalue weighted by molar-refractivity contribution is -0.122. The molecule has 3 aromatic rings. The van der Waals surface area contributed by atoms with Crippen LogP contribution in [0.1, 0.15) is 31.1 Å². The zero-order valence-corrected chi connectivity index (χ0v) is 15.7. The maximum Gasteiger partial charge on any atom is 0.255 e. The number of pyridine rings is 1. The lowest BCUT2D eigenvalue weighted by Gasteiger charge is -2.22. The van der Waals surface area contributed by atoms with Crippen LogP contribution >= 0.6 is 0 Å². The minimum Gasteiger partial charge on any atom is -0.463 e. The van der Waals surface area contributed by atoms with E-state index < -0.39 is 0 Å². The maximum atomic E-state index is 13.2. The van der Waals surface area contributed by atoms with E-state index in [0.717, 1.165) is 5.39 Å². The number of likely N-dealkylation sites (N-methyl/N-ethyl adjacent to an activating group) is 1. The highest BCUT2D eigenvalue weighted by Gasteiger charge is 2.21. The molecule has 2 aromatic heterocycles. The molecule has 1 aromatic carbocycles. The number of nitrogens with zero attached hydrogens (tertiary/aromatic N) is 2. The number of hydrogen-bond acceptors (Lipinski definition) is 4. The molecule has 0 saturated carbocycles. The Morgan fingerprint density at radius 2 is 1.96 bits per heavy atom. The predicted molar refractivity (Wildman–Crippen MR) is 104 cm³/mol. The molecule has 0 bridgehead atoms. The number of nitrogens with one attached hydrogen (secondary N) is 1. The molecule has 140 valence electrons. The monoisotopic (exact) mass is 365 g/mol. The number of benzene rings is 1. The average Bonchev–Trinajstić information content (AvgIpc) is 3.19. The molecule has 1 N–H and O–H groups in total. The van der Waals surface area contributed by atoms with Gasteiger partial charge in [0, 0.05) is 18.0 Å². The van der Waals surface area contributed by atoms with E-state index in [0.29, 0.717) is 29.1 Å². The molecule has 0 aliphatic heterocycles. The normalized spacial score (nSPS) is 11.0. The largest absolute Gasteiger partial charge is 0.463 e. The highest BCUT2D eigenvalue weighted by atomic mass is 16.3. The van der Waals surface area contributed by atoms with Gasteiger partial charge in [0.2, 0.25) is 5.91 Å². The Hall–Kier alpha value is -3.15. The van der Waals surface area contributed by atoms with E-state index in [2.05, 4.69) is 10.3 Å². The average molecular weight is 365 g/mol. The first-order valence-corrected chi connectivity index (χ1v) is 9.02. The molecule has 2 amide bonds. The van der Waals surface area contributed by atoms with Crippen LogP contribution in [-0.2, 0) is 4.79 Å². The van der Waals surface area contributed by atoms with E-state index in [-0.39, 0.29) is 24.4 Å². The molecule has 3 rings (SSSR count). The maximum absolute atomic E-state index is 13.2. The summed E-state index contributed by atoms with van der Waals surface area (Å²) in [6.45, 7) is 6.08. The molecule has 0 saturated heterocycles. The first-order valence-electron chi connectivity index (χ1n) is 9.02. The number of furan rings is 1. The van der Waals surface area contributed by atoms with Crippen molar-refractivity contribution >= 4 is 22.7 Å².